The van der Waals surface area contributed by atoms with E-state index in [4.69, 9.17) is 34.8 Å². The molecule has 1 N–H and O–H groups in total. The van der Waals surface area contributed by atoms with Crippen LogP contribution in [0.3, 0.4) is 0 Å². The zero-order valence-electron chi connectivity index (χ0n) is 21.9. The molecule has 2 aliphatic heterocycles. The summed E-state index contributed by atoms with van der Waals surface area (Å²) >= 11 is 18.2. The van der Waals surface area contributed by atoms with Gasteiger partial charge in [0, 0.05) is 52.9 Å². The van der Waals surface area contributed by atoms with Crippen LogP contribution in [0.15, 0.2) is 48.7 Å². The van der Waals surface area contributed by atoms with Gasteiger partial charge in [-0.15, -0.1) is 0 Å². The standard InChI is InChI=1S/C29H30Cl3F2N5O.H2/c30-23-3-1-20(14-27(23)34)18-37-7-5-22(6-8-37)38-9-11-39(12-10-38)28-25(32)15-21(17-35-28)29(40)36-16-19-2-4-26(33)24(31)13-19;/h1-4,13-15,17,22H,5-12,16,18H2,(H,36,40);1H. The zero-order chi connectivity index (χ0) is 28.2. The smallest absolute Gasteiger partial charge is 0.253 e. The molecule has 3 aromatic rings. The highest BCUT2D eigenvalue weighted by Crippen LogP contribution is 2.27. The highest BCUT2D eigenvalue weighted by molar-refractivity contribution is 6.33. The van der Waals surface area contributed by atoms with E-state index in [1.807, 2.05) is 6.07 Å². The van der Waals surface area contributed by atoms with Crippen LogP contribution in [0.4, 0.5) is 14.6 Å². The Balaban J connectivity index is 0.00000387. The highest BCUT2D eigenvalue weighted by atomic mass is 35.5. The predicted molar refractivity (Wildman–Crippen MR) is 157 cm³/mol. The number of rotatable bonds is 7. The summed E-state index contributed by atoms with van der Waals surface area (Å²) in [6, 6.07) is 11.5. The van der Waals surface area contributed by atoms with Gasteiger partial charge in [-0.3, -0.25) is 14.6 Å². The average molecular weight is 611 g/mol. The zero-order valence-corrected chi connectivity index (χ0v) is 24.1. The fraction of sp³-hybridized carbons (Fsp3) is 0.379. The summed E-state index contributed by atoms with van der Waals surface area (Å²) in [6.45, 7) is 6.30. The number of benzene rings is 2. The number of halogens is 5. The van der Waals surface area contributed by atoms with Crippen molar-refractivity contribution < 1.29 is 15.0 Å². The van der Waals surface area contributed by atoms with Crippen molar-refractivity contribution in [3.05, 3.63) is 92.1 Å². The van der Waals surface area contributed by atoms with Gasteiger partial charge in [0.15, 0.2) is 0 Å². The molecule has 6 nitrogen and oxygen atoms in total. The number of hydrogen-bond acceptors (Lipinski definition) is 5. The van der Waals surface area contributed by atoms with Crippen molar-refractivity contribution >= 4 is 46.5 Å². The maximum atomic E-state index is 13.8. The molecule has 5 rings (SSSR count). The Morgan fingerprint density at radius 2 is 1.60 bits per heavy atom. The summed E-state index contributed by atoms with van der Waals surface area (Å²) in [7, 11) is 0. The molecule has 0 radical (unpaired) electrons. The number of amides is 1. The molecule has 0 bridgehead atoms. The van der Waals surface area contributed by atoms with Crippen molar-refractivity contribution in [2.24, 2.45) is 0 Å². The van der Waals surface area contributed by atoms with Gasteiger partial charge in [0.05, 0.1) is 20.6 Å². The molecular formula is C29H32Cl3F2N5O. The average Bonchev–Trinajstić information content (AvgIpc) is 2.96. The van der Waals surface area contributed by atoms with E-state index in [9.17, 15) is 13.6 Å². The lowest BCUT2D eigenvalue weighted by Gasteiger charge is -2.43. The summed E-state index contributed by atoms with van der Waals surface area (Å²) in [5.41, 5.74) is 1.99. The van der Waals surface area contributed by atoms with Crippen molar-refractivity contribution in [1.82, 2.24) is 20.1 Å². The quantitative estimate of drug-likeness (QED) is 0.341. The molecule has 2 aromatic carbocycles. The molecule has 0 unspecified atom stereocenters. The van der Waals surface area contributed by atoms with E-state index in [1.54, 1.807) is 18.2 Å². The number of hydrogen-bond donors (Lipinski definition) is 1. The third-order valence-electron chi connectivity index (χ3n) is 7.60. The Bertz CT molecular complexity index is 1370. The van der Waals surface area contributed by atoms with Gasteiger partial charge in [0.1, 0.15) is 17.5 Å². The van der Waals surface area contributed by atoms with Gasteiger partial charge in [0.25, 0.3) is 5.91 Å². The van der Waals surface area contributed by atoms with Gasteiger partial charge >= 0.3 is 0 Å². The van der Waals surface area contributed by atoms with E-state index < -0.39 is 5.82 Å². The molecule has 0 spiro atoms. The molecule has 0 atom stereocenters. The first-order valence-corrected chi connectivity index (χ1v) is 14.4. The van der Waals surface area contributed by atoms with Crippen molar-refractivity contribution in [1.29, 1.82) is 0 Å². The molecule has 11 heteroatoms. The van der Waals surface area contributed by atoms with Crippen molar-refractivity contribution in [2.45, 2.75) is 32.0 Å². The lowest BCUT2D eigenvalue weighted by atomic mass is 10.0. The monoisotopic (exact) mass is 609 g/mol. The summed E-state index contributed by atoms with van der Waals surface area (Å²) in [6.07, 6.45) is 3.68. The number of aromatic nitrogens is 1. The highest BCUT2D eigenvalue weighted by Gasteiger charge is 2.28. The number of likely N-dealkylation sites (tertiary alicyclic amines) is 1. The van der Waals surface area contributed by atoms with Gasteiger partial charge < -0.3 is 10.2 Å². The van der Waals surface area contributed by atoms with Crippen LogP contribution >= 0.6 is 34.8 Å². The third kappa shape index (κ3) is 7.04. The van der Waals surface area contributed by atoms with Crippen LogP contribution in [0.5, 0.6) is 0 Å². The summed E-state index contributed by atoms with van der Waals surface area (Å²) < 4.78 is 27.1. The molecule has 2 aliphatic rings. The molecule has 2 fully saturated rings. The van der Waals surface area contributed by atoms with E-state index in [0.717, 1.165) is 64.2 Å². The second kappa shape index (κ2) is 13.0. The molecule has 2 saturated heterocycles. The lowest BCUT2D eigenvalue weighted by Crippen LogP contribution is -2.53. The lowest BCUT2D eigenvalue weighted by molar-refractivity contribution is 0.0950. The van der Waals surface area contributed by atoms with E-state index in [-0.39, 0.29) is 29.7 Å². The molecule has 0 aliphatic carbocycles. The molecule has 3 heterocycles. The predicted octanol–water partition coefficient (Wildman–Crippen LogP) is 6.28. The van der Waals surface area contributed by atoms with Gasteiger partial charge in [-0.1, -0.05) is 46.9 Å². The molecular weight excluding hydrogens is 579 g/mol. The summed E-state index contributed by atoms with van der Waals surface area (Å²) in [5.74, 6) is -0.516. The van der Waals surface area contributed by atoms with Crippen LogP contribution in [0.1, 0.15) is 35.8 Å². The van der Waals surface area contributed by atoms with Crippen molar-refractivity contribution in [3.8, 4) is 0 Å². The summed E-state index contributed by atoms with van der Waals surface area (Å²) in [4.78, 5) is 24.2. The third-order valence-corrected chi connectivity index (χ3v) is 8.47. The van der Waals surface area contributed by atoms with Gasteiger partial charge in [-0.05, 0) is 67.4 Å². The first-order valence-electron chi connectivity index (χ1n) is 13.3. The van der Waals surface area contributed by atoms with Crippen LogP contribution in [0.25, 0.3) is 0 Å². The van der Waals surface area contributed by atoms with Crippen LogP contribution in [-0.4, -0.2) is 66.0 Å². The Labute approximate surface area is 249 Å². The Morgan fingerprint density at radius 3 is 2.27 bits per heavy atom. The van der Waals surface area contributed by atoms with Crippen LogP contribution in [-0.2, 0) is 13.1 Å². The largest absolute Gasteiger partial charge is 0.353 e. The first kappa shape index (κ1) is 29.0. The second-order valence-corrected chi connectivity index (χ2v) is 11.5. The Hall–Kier alpha value is -2.49. The van der Waals surface area contributed by atoms with Crippen molar-refractivity contribution in [2.75, 3.05) is 44.2 Å². The van der Waals surface area contributed by atoms with Crippen LogP contribution in [0.2, 0.25) is 15.1 Å². The molecule has 0 saturated carbocycles. The van der Waals surface area contributed by atoms with Gasteiger partial charge in [-0.2, -0.15) is 0 Å². The second-order valence-electron chi connectivity index (χ2n) is 10.2. The van der Waals surface area contributed by atoms with Gasteiger partial charge in [-0.25, -0.2) is 13.8 Å². The molecule has 1 aromatic heterocycles. The first-order chi connectivity index (χ1) is 19.3. The van der Waals surface area contributed by atoms with Gasteiger partial charge in [0.2, 0.25) is 0 Å². The number of anilines is 1. The molecule has 1 amide bonds. The maximum absolute atomic E-state index is 13.8. The van der Waals surface area contributed by atoms with Crippen molar-refractivity contribution in [3.63, 3.8) is 0 Å². The fourth-order valence-electron chi connectivity index (χ4n) is 5.36. The fourth-order valence-corrected chi connectivity index (χ4v) is 5.97. The minimum atomic E-state index is -0.501. The number of pyridine rings is 1. The number of nitrogens with zero attached hydrogens (tertiary/aromatic N) is 4. The Morgan fingerprint density at radius 1 is 0.875 bits per heavy atom. The van der Waals surface area contributed by atoms with E-state index in [2.05, 4.69) is 25.0 Å². The Kier molecular flexibility index (Phi) is 9.43. The number of carbonyl (C=O) groups is 1. The number of carbonyl (C=O) groups excluding carboxylic acids is 1. The topological polar surface area (TPSA) is 51.7 Å². The normalized spacial score (nSPS) is 17.3. The summed E-state index contributed by atoms with van der Waals surface area (Å²) in [5, 5.41) is 3.38. The van der Waals surface area contributed by atoms with Crippen LogP contribution in [0, 0.1) is 11.6 Å². The van der Waals surface area contributed by atoms with E-state index >= 15 is 0 Å². The minimum absolute atomic E-state index is 0. The molecule has 214 valence electrons. The van der Waals surface area contributed by atoms with E-state index in [0.29, 0.717) is 28.0 Å². The maximum Gasteiger partial charge on any atom is 0.253 e. The minimum Gasteiger partial charge on any atom is -0.353 e. The molecule has 40 heavy (non-hydrogen) atoms. The van der Waals surface area contributed by atoms with E-state index in [1.165, 1.54) is 24.4 Å². The SMILES string of the molecule is O=C(NCc1ccc(F)c(Cl)c1)c1cnc(N2CCN(C3CCN(Cc4ccc(Cl)c(F)c4)CC3)CC2)c(Cl)c1.[HH]. The number of piperidine rings is 1. The number of nitrogens with one attached hydrogen (secondary N) is 1. The number of piperazine rings is 1. The van der Waals surface area contributed by atoms with Crippen LogP contribution < -0.4 is 10.2 Å².